The van der Waals surface area contributed by atoms with Crippen LogP contribution in [0.5, 0.6) is 0 Å². The fourth-order valence-corrected chi connectivity index (χ4v) is 1.80. The number of aromatic nitrogens is 4. The first-order valence-electron chi connectivity index (χ1n) is 6.15. The Bertz CT molecular complexity index is 466. The highest BCUT2D eigenvalue weighted by Crippen LogP contribution is 2.12. The van der Waals surface area contributed by atoms with Crippen molar-refractivity contribution in [3.63, 3.8) is 0 Å². The molecule has 0 spiro atoms. The third-order valence-electron chi connectivity index (χ3n) is 2.73. The molecule has 0 saturated heterocycles. The number of benzene rings is 1. The Morgan fingerprint density at radius 2 is 2.11 bits per heavy atom. The zero-order valence-electron chi connectivity index (χ0n) is 10.5. The first kappa shape index (κ1) is 12.5. The molecule has 0 fully saturated rings. The van der Waals surface area contributed by atoms with Crippen LogP contribution < -0.4 is 11.1 Å². The Kier molecular flexibility index (Phi) is 4.25. The number of nitrogens with two attached hydrogens (primary N) is 1. The van der Waals surface area contributed by atoms with Gasteiger partial charge in [0.25, 0.3) is 0 Å². The molecule has 1 aromatic heterocycles. The van der Waals surface area contributed by atoms with Crippen LogP contribution in [0.2, 0.25) is 0 Å². The number of para-hydroxylation sites is 1. The smallest absolute Gasteiger partial charge is 0.248 e. The zero-order chi connectivity index (χ0) is 12.8. The summed E-state index contributed by atoms with van der Waals surface area (Å²) in [5.74, 6) is 0.630. The van der Waals surface area contributed by atoms with Crippen molar-refractivity contribution in [2.45, 2.75) is 25.8 Å². The van der Waals surface area contributed by atoms with Gasteiger partial charge < -0.3 is 11.1 Å². The van der Waals surface area contributed by atoms with Crippen molar-refractivity contribution in [1.82, 2.24) is 20.2 Å². The third-order valence-corrected chi connectivity index (χ3v) is 2.73. The number of nitrogens with one attached hydrogen (secondary N) is 1. The summed E-state index contributed by atoms with van der Waals surface area (Å²) in [6.07, 6.45) is 2.07. The fraction of sp³-hybridized carbons (Fsp3) is 0.417. The van der Waals surface area contributed by atoms with Gasteiger partial charge in [-0.25, -0.2) is 0 Å². The van der Waals surface area contributed by atoms with E-state index in [1.165, 1.54) is 0 Å². The Morgan fingerprint density at radius 3 is 2.78 bits per heavy atom. The van der Waals surface area contributed by atoms with Gasteiger partial charge in [-0.3, -0.25) is 0 Å². The highest BCUT2D eigenvalue weighted by Gasteiger charge is 2.12. The number of rotatable bonds is 6. The molecule has 96 valence electrons. The molecule has 0 amide bonds. The Balaban J connectivity index is 2.18. The van der Waals surface area contributed by atoms with Gasteiger partial charge in [-0.15, -0.1) is 0 Å². The Labute approximate surface area is 106 Å². The summed E-state index contributed by atoms with van der Waals surface area (Å²) >= 11 is 0. The predicted molar refractivity (Wildman–Crippen MR) is 70.5 cm³/mol. The lowest BCUT2D eigenvalue weighted by Gasteiger charge is -2.16. The molecule has 6 nitrogen and oxygen atoms in total. The first-order chi connectivity index (χ1) is 8.85. The second-order valence-corrected chi connectivity index (χ2v) is 4.12. The minimum Gasteiger partial charge on any atom is -0.349 e. The average molecular weight is 246 g/mol. The maximum absolute atomic E-state index is 5.72. The van der Waals surface area contributed by atoms with Crippen molar-refractivity contribution in [3.05, 3.63) is 30.3 Å². The predicted octanol–water partition coefficient (Wildman–Crippen LogP) is 1.20. The molecule has 1 unspecified atom stereocenters. The number of anilines is 1. The van der Waals surface area contributed by atoms with E-state index in [0.29, 0.717) is 12.5 Å². The summed E-state index contributed by atoms with van der Waals surface area (Å²) < 4.78 is 1.68. The molecule has 0 aliphatic heterocycles. The molecular weight excluding hydrogens is 228 g/mol. The van der Waals surface area contributed by atoms with Crippen LogP contribution in [-0.4, -0.2) is 32.8 Å². The van der Waals surface area contributed by atoms with E-state index in [1.54, 1.807) is 4.68 Å². The van der Waals surface area contributed by atoms with Gasteiger partial charge in [-0.05, 0) is 29.0 Å². The molecular formula is C12H18N6. The second kappa shape index (κ2) is 6.11. The number of nitrogens with zero attached hydrogens (tertiary/aromatic N) is 4. The molecule has 3 N–H and O–H groups in total. The maximum atomic E-state index is 5.72. The van der Waals surface area contributed by atoms with Crippen LogP contribution in [0.1, 0.15) is 19.8 Å². The summed E-state index contributed by atoms with van der Waals surface area (Å²) in [5.41, 5.74) is 6.65. The molecule has 1 atom stereocenters. The molecule has 18 heavy (non-hydrogen) atoms. The van der Waals surface area contributed by atoms with Crippen molar-refractivity contribution in [2.75, 3.05) is 11.9 Å². The highest BCUT2D eigenvalue weighted by molar-refractivity contribution is 5.38. The van der Waals surface area contributed by atoms with Gasteiger partial charge in [0.15, 0.2) is 0 Å². The van der Waals surface area contributed by atoms with Crippen LogP contribution in [0.25, 0.3) is 5.69 Å². The van der Waals surface area contributed by atoms with Crippen LogP contribution in [0.4, 0.5) is 5.95 Å². The Hall–Kier alpha value is -1.95. The van der Waals surface area contributed by atoms with Gasteiger partial charge in [0, 0.05) is 12.6 Å². The lowest BCUT2D eigenvalue weighted by atomic mass is 10.2. The summed E-state index contributed by atoms with van der Waals surface area (Å²) in [7, 11) is 0. The fourth-order valence-electron chi connectivity index (χ4n) is 1.80. The Morgan fingerprint density at radius 1 is 1.33 bits per heavy atom. The highest BCUT2D eigenvalue weighted by atomic mass is 15.6. The molecule has 1 heterocycles. The molecule has 0 saturated carbocycles. The molecule has 0 aliphatic rings. The quantitative estimate of drug-likeness (QED) is 0.800. The molecule has 0 aliphatic carbocycles. The molecule has 1 aromatic carbocycles. The van der Waals surface area contributed by atoms with E-state index in [2.05, 4.69) is 27.8 Å². The van der Waals surface area contributed by atoms with Gasteiger partial charge in [0.1, 0.15) is 0 Å². The topological polar surface area (TPSA) is 81.7 Å². The van der Waals surface area contributed by atoms with Gasteiger partial charge >= 0.3 is 0 Å². The summed E-state index contributed by atoms with van der Waals surface area (Å²) in [6.45, 7) is 2.69. The van der Waals surface area contributed by atoms with E-state index in [1.807, 2.05) is 30.3 Å². The van der Waals surface area contributed by atoms with Gasteiger partial charge in [0.05, 0.1) is 5.69 Å². The summed E-state index contributed by atoms with van der Waals surface area (Å²) in [5, 5.41) is 15.0. The molecule has 0 radical (unpaired) electrons. The van der Waals surface area contributed by atoms with Crippen LogP contribution in [-0.2, 0) is 0 Å². The van der Waals surface area contributed by atoms with E-state index in [-0.39, 0.29) is 6.04 Å². The normalized spacial score (nSPS) is 12.3. The molecule has 6 heteroatoms. The first-order valence-corrected chi connectivity index (χ1v) is 6.15. The van der Waals surface area contributed by atoms with E-state index in [4.69, 9.17) is 5.73 Å². The third kappa shape index (κ3) is 2.84. The van der Waals surface area contributed by atoms with Crippen LogP contribution in [0, 0.1) is 0 Å². The van der Waals surface area contributed by atoms with E-state index < -0.39 is 0 Å². The van der Waals surface area contributed by atoms with Crippen molar-refractivity contribution >= 4 is 5.95 Å². The average Bonchev–Trinajstić information content (AvgIpc) is 2.87. The summed E-state index contributed by atoms with van der Waals surface area (Å²) in [4.78, 5) is 0. The van der Waals surface area contributed by atoms with Crippen molar-refractivity contribution in [3.8, 4) is 5.69 Å². The van der Waals surface area contributed by atoms with E-state index in [0.717, 1.165) is 18.5 Å². The van der Waals surface area contributed by atoms with Crippen LogP contribution in [0.15, 0.2) is 30.3 Å². The van der Waals surface area contributed by atoms with Gasteiger partial charge in [-0.2, -0.15) is 4.68 Å². The lowest BCUT2D eigenvalue weighted by molar-refractivity contribution is 0.639. The van der Waals surface area contributed by atoms with Gasteiger partial charge in [-0.1, -0.05) is 36.6 Å². The van der Waals surface area contributed by atoms with Gasteiger partial charge in [0.2, 0.25) is 5.95 Å². The SMILES string of the molecule is CCCC(CN)Nc1nnnn1-c1ccccc1. The maximum Gasteiger partial charge on any atom is 0.248 e. The van der Waals surface area contributed by atoms with Crippen LogP contribution in [0.3, 0.4) is 0 Å². The van der Waals surface area contributed by atoms with Crippen LogP contribution >= 0.6 is 0 Å². The number of tetrazole rings is 1. The minimum atomic E-state index is 0.198. The minimum absolute atomic E-state index is 0.198. The van der Waals surface area contributed by atoms with E-state index >= 15 is 0 Å². The van der Waals surface area contributed by atoms with E-state index in [9.17, 15) is 0 Å². The van der Waals surface area contributed by atoms with Crippen molar-refractivity contribution in [1.29, 1.82) is 0 Å². The lowest BCUT2D eigenvalue weighted by Crippen LogP contribution is -2.30. The zero-order valence-corrected chi connectivity index (χ0v) is 10.5. The largest absolute Gasteiger partial charge is 0.349 e. The monoisotopic (exact) mass is 246 g/mol. The second-order valence-electron chi connectivity index (χ2n) is 4.12. The van der Waals surface area contributed by atoms with Crippen molar-refractivity contribution in [2.24, 2.45) is 5.73 Å². The standard InChI is InChI=1S/C12H18N6/c1-2-6-10(9-13)14-12-15-16-17-18(12)11-7-4-3-5-8-11/h3-5,7-8,10H,2,6,9,13H2,1H3,(H,14,15,17). The summed E-state index contributed by atoms with van der Waals surface area (Å²) in [6, 6.07) is 9.97. The number of hydrogen-bond donors (Lipinski definition) is 2. The van der Waals surface area contributed by atoms with Crippen molar-refractivity contribution < 1.29 is 0 Å². The number of hydrogen-bond acceptors (Lipinski definition) is 5. The molecule has 2 aromatic rings. The molecule has 0 bridgehead atoms. The molecule has 2 rings (SSSR count).